The standard InChI is InChI=1S/C10H11BrFN/c1-13-6-2-3-8-4-5-9(11)7-10(8)12/h2-5,7,13H,6H2,1H3. The van der Waals surface area contributed by atoms with Crippen LogP contribution in [-0.4, -0.2) is 13.6 Å². The zero-order chi connectivity index (χ0) is 9.68. The van der Waals surface area contributed by atoms with Gasteiger partial charge in [0.15, 0.2) is 0 Å². The lowest BCUT2D eigenvalue weighted by Crippen LogP contribution is -2.03. The Bertz CT molecular complexity index is 310. The van der Waals surface area contributed by atoms with Gasteiger partial charge in [-0.2, -0.15) is 0 Å². The van der Waals surface area contributed by atoms with E-state index in [-0.39, 0.29) is 5.82 Å². The fourth-order valence-corrected chi connectivity index (χ4v) is 1.27. The first kappa shape index (κ1) is 10.4. The van der Waals surface area contributed by atoms with Crippen LogP contribution in [0.4, 0.5) is 4.39 Å². The first-order valence-corrected chi connectivity index (χ1v) is 4.79. The van der Waals surface area contributed by atoms with E-state index in [1.54, 1.807) is 12.1 Å². The molecule has 1 rings (SSSR count). The maximum atomic E-state index is 13.2. The molecule has 0 aliphatic carbocycles. The van der Waals surface area contributed by atoms with E-state index in [4.69, 9.17) is 0 Å². The van der Waals surface area contributed by atoms with Gasteiger partial charge in [0.25, 0.3) is 0 Å². The Kier molecular flexibility index (Phi) is 4.12. The van der Waals surface area contributed by atoms with E-state index in [9.17, 15) is 4.39 Å². The molecule has 0 radical (unpaired) electrons. The average molecular weight is 244 g/mol. The van der Waals surface area contributed by atoms with Crippen molar-refractivity contribution in [2.75, 3.05) is 13.6 Å². The second-order valence-corrected chi connectivity index (χ2v) is 3.54. The van der Waals surface area contributed by atoms with Gasteiger partial charge in [-0.05, 0) is 19.2 Å². The second-order valence-electron chi connectivity index (χ2n) is 2.63. The van der Waals surface area contributed by atoms with Crippen molar-refractivity contribution in [2.45, 2.75) is 0 Å². The van der Waals surface area contributed by atoms with Gasteiger partial charge < -0.3 is 5.32 Å². The molecule has 3 heteroatoms. The van der Waals surface area contributed by atoms with Gasteiger partial charge in [0.1, 0.15) is 5.82 Å². The number of likely N-dealkylation sites (N-methyl/N-ethyl adjacent to an activating group) is 1. The molecule has 0 aromatic heterocycles. The molecule has 1 aromatic rings. The van der Waals surface area contributed by atoms with E-state index in [1.165, 1.54) is 6.07 Å². The molecular weight excluding hydrogens is 233 g/mol. The summed E-state index contributed by atoms with van der Waals surface area (Å²) in [5.74, 6) is -0.207. The van der Waals surface area contributed by atoms with Crippen LogP contribution in [0.25, 0.3) is 6.08 Å². The first-order valence-electron chi connectivity index (χ1n) is 4.00. The fraction of sp³-hybridized carbons (Fsp3) is 0.200. The summed E-state index contributed by atoms with van der Waals surface area (Å²) in [5, 5.41) is 2.95. The summed E-state index contributed by atoms with van der Waals surface area (Å²) in [4.78, 5) is 0. The number of hydrogen-bond acceptors (Lipinski definition) is 1. The molecular formula is C10H11BrFN. The van der Waals surface area contributed by atoms with Crippen molar-refractivity contribution >= 4 is 22.0 Å². The lowest BCUT2D eigenvalue weighted by molar-refractivity contribution is 0.624. The average Bonchev–Trinajstić information content (AvgIpc) is 2.09. The molecule has 0 unspecified atom stereocenters. The van der Waals surface area contributed by atoms with Crippen LogP contribution in [-0.2, 0) is 0 Å². The van der Waals surface area contributed by atoms with Crippen LogP contribution < -0.4 is 5.32 Å². The number of hydrogen-bond donors (Lipinski definition) is 1. The lowest BCUT2D eigenvalue weighted by atomic mass is 10.2. The number of halogens is 2. The molecule has 0 saturated carbocycles. The zero-order valence-electron chi connectivity index (χ0n) is 7.35. The summed E-state index contributed by atoms with van der Waals surface area (Å²) in [6, 6.07) is 5.02. The quantitative estimate of drug-likeness (QED) is 0.862. The minimum absolute atomic E-state index is 0.207. The van der Waals surface area contributed by atoms with Crippen LogP contribution in [0.5, 0.6) is 0 Å². The second kappa shape index (κ2) is 5.14. The monoisotopic (exact) mass is 243 g/mol. The smallest absolute Gasteiger partial charge is 0.131 e. The molecule has 0 spiro atoms. The van der Waals surface area contributed by atoms with Gasteiger partial charge >= 0.3 is 0 Å². The first-order chi connectivity index (χ1) is 6.24. The van der Waals surface area contributed by atoms with Gasteiger partial charge in [-0.3, -0.25) is 0 Å². The van der Waals surface area contributed by atoms with Crippen molar-refractivity contribution in [3.63, 3.8) is 0 Å². The van der Waals surface area contributed by atoms with E-state index in [2.05, 4.69) is 21.2 Å². The molecule has 13 heavy (non-hydrogen) atoms. The lowest BCUT2D eigenvalue weighted by Gasteiger charge is -1.97. The van der Waals surface area contributed by atoms with Crippen LogP contribution >= 0.6 is 15.9 Å². The zero-order valence-corrected chi connectivity index (χ0v) is 8.94. The van der Waals surface area contributed by atoms with Crippen molar-refractivity contribution in [3.8, 4) is 0 Å². The Labute approximate surface area is 85.8 Å². The highest BCUT2D eigenvalue weighted by Crippen LogP contribution is 2.15. The van der Waals surface area contributed by atoms with E-state index >= 15 is 0 Å². The van der Waals surface area contributed by atoms with E-state index < -0.39 is 0 Å². The topological polar surface area (TPSA) is 12.0 Å². The molecule has 0 amide bonds. The van der Waals surface area contributed by atoms with Crippen molar-refractivity contribution in [1.29, 1.82) is 0 Å². The minimum Gasteiger partial charge on any atom is -0.316 e. The highest BCUT2D eigenvalue weighted by atomic mass is 79.9. The third-order valence-electron chi connectivity index (χ3n) is 1.58. The van der Waals surface area contributed by atoms with Crippen LogP contribution in [0.2, 0.25) is 0 Å². The highest BCUT2D eigenvalue weighted by molar-refractivity contribution is 9.10. The normalized spacial score (nSPS) is 11.0. The maximum absolute atomic E-state index is 13.2. The Morgan fingerprint density at radius 1 is 1.54 bits per heavy atom. The number of benzene rings is 1. The largest absolute Gasteiger partial charge is 0.316 e. The SMILES string of the molecule is CNCC=Cc1ccc(Br)cc1F. The molecule has 1 nitrogen and oxygen atoms in total. The van der Waals surface area contributed by atoms with Gasteiger partial charge in [0.05, 0.1) is 0 Å². The van der Waals surface area contributed by atoms with Gasteiger partial charge in [-0.15, -0.1) is 0 Å². The Balaban J connectivity index is 2.77. The molecule has 0 saturated heterocycles. The molecule has 0 atom stereocenters. The Morgan fingerprint density at radius 3 is 2.92 bits per heavy atom. The molecule has 1 aromatic carbocycles. The molecule has 0 aliphatic heterocycles. The summed E-state index contributed by atoms with van der Waals surface area (Å²) < 4.78 is 13.9. The van der Waals surface area contributed by atoms with Gasteiger partial charge in [0.2, 0.25) is 0 Å². The van der Waals surface area contributed by atoms with E-state index in [0.717, 1.165) is 11.0 Å². The van der Waals surface area contributed by atoms with Crippen molar-refractivity contribution in [1.82, 2.24) is 5.32 Å². The van der Waals surface area contributed by atoms with Gasteiger partial charge in [0, 0.05) is 16.6 Å². The molecule has 70 valence electrons. The van der Waals surface area contributed by atoms with Crippen LogP contribution in [0.3, 0.4) is 0 Å². The van der Waals surface area contributed by atoms with Crippen molar-refractivity contribution < 1.29 is 4.39 Å². The summed E-state index contributed by atoms with van der Waals surface area (Å²) >= 11 is 3.20. The van der Waals surface area contributed by atoms with E-state index in [1.807, 2.05) is 19.2 Å². The maximum Gasteiger partial charge on any atom is 0.131 e. The Hall–Kier alpha value is -0.670. The minimum atomic E-state index is -0.207. The molecule has 0 heterocycles. The molecule has 0 bridgehead atoms. The predicted octanol–water partition coefficient (Wildman–Crippen LogP) is 2.82. The van der Waals surface area contributed by atoms with E-state index in [0.29, 0.717) is 5.56 Å². The van der Waals surface area contributed by atoms with Crippen molar-refractivity contribution in [2.24, 2.45) is 0 Å². The predicted molar refractivity (Wildman–Crippen MR) is 57.1 cm³/mol. The summed E-state index contributed by atoms with van der Waals surface area (Å²) in [5.41, 5.74) is 0.610. The summed E-state index contributed by atoms with van der Waals surface area (Å²) in [6.07, 6.45) is 3.64. The third-order valence-corrected chi connectivity index (χ3v) is 2.08. The van der Waals surface area contributed by atoms with Crippen LogP contribution in [0.1, 0.15) is 5.56 Å². The number of nitrogens with one attached hydrogen (secondary N) is 1. The van der Waals surface area contributed by atoms with Crippen LogP contribution in [0.15, 0.2) is 28.7 Å². The molecule has 0 fully saturated rings. The van der Waals surface area contributed by atoms with Gasteiger partial charge in [-0.1, -0.05) is 34.1 Å². The fourth-order valence-electron chi connectivity index (χ4n) is 0.940. The molecule has 1 N–H and O–H groups in total. The highest BCUT2D eigenvalue weighted by Gasteiger charge is 1.97. The summed E-state index contributed by atoms with van der Waals surface area (Å²) in [7, 11) is 1.85. The van der Waals surface area contributed by atoms with Crippen molar-refractivity contribution in [3.05, 3.63) is 40.1 Å². The third kappa shape index (κ3) is 3.28. The molecule has 0 aliphatic rings. The van der Waals surface area contributed by atoms with Gasteiger partial charge in [-0.25, -0.2) is 4.39 Å². The Morgan fingerprint density at radius 2 is 2.31 bits per heavy atom. The number of rotatable bonds is 3. The van der Waals surface area contributed by atoms with Crippen LogP contribution in [0, 0.1) is 5.82 Å². The summed E-state index contributed by atoms with van der Waals surface area (Å²) in [6.45, 7) is 0.746.